The van der Waals surface area contributed by atoms with Gasteiger partial charge in [-0.3, -0.25) is 9.59 Å². The zero-order valence-corrected chi connectivity index (χ0v) is 10.1. The van der Waals surface area contributed by atoms with Gasteiger partial charge in [0.15, 0.2) is 12.4 Å². The highest BCUT2D eigenvalue weighted by molar-refractivity contribution is 6.10. The van der Waals surface area contributed by atoms with Crippen LogP contribution in [0, 0.1) is 0 Å². The van der Waals surface area contributed by atoms with Crippen molar-refractivity contribution in [2.75, 3.05) is 11.9 Å². The number of ketones is 1. The minimum Gasteiger partial charge on any atom is -0.482 e. The highest BCUT2D eigenvalue weighted by atomic mass is 16.5. The molecule has 1 aliphatic rings. The Hall–Kier alpha value is -2.62. The molecular formula is C15H11NO3. The summed E-state index contributed by atoms with van der Waals surface area (Å²) >= 11 is 0. The van der Waals surface area contributed by atoms with Gasteiger partial charge >= 0.3 is 0 Å². The fraction of sp³-hybridized carbons (Fsp3) is 0.0667. The third-order valence-corrected chi connectivity index (χ3v) is 2.91. The van der Waals surface area contributed by atoms with E-state index < -0.39 is 0 Å². The molecule has 0 unspecified atom stereocenters. The van der Waals surface area contributed by atoms with Crippen molar-refractivity contribution in [3.63, 3.8) is 0 Å². The smallest absolute Gasteiger partial charge is 0.262 e. The monoisotopic (exact) mass is 253 g/mol. The van der Waals surface area contributed by atoms with E-state index in [1.807, 2.05) is 18.2 Å². The Labute approximate surface area is 110 Å². The van der Waals surface area contributed by atoms with E-state index in [9.17, 15) is 9.59 Å². The summed E-state index contributed by atoms with van der Waals surface area (Å²) in [4.78, 5) is 23.5. The zero-order valence-electron chi connectivity index (χ0n) is 10.1. The van der Waals surface area contributed by atoms with Gasteiger partial charge in [-0.2, -0.15) is 0 Å². The number of nitrogens with one attached hydrogen (secondary N) is 1. The maximum absolute atomic E-state index is 12.3. The fourth-order valence-electron chi connectivity index (χ4n) is 1.98. The number of carbonyl (C=O) groups excluding carboxylic acids is 2. The molecule has 1 amide bonds. The molecule has 4 heteroatoms. The van der Waals surface area contributed by atoms with Crippen molar-refractivity contribution in [3.05, 3.63) is 59.7 Å². The van der Waals surface area contributed by atoms with E-state index in [1.165, 1.54) is 0 Å². The first-order valence-electron chi connectivity index (χ1n) is 5.90. The van der Waals surface area contributed by atoms with Crippen LogP contribution in [0.15, 0.2) is 48.5 Å². The highest BCUT2D eigenvalue weighted by Gasteiger charge is 2.18. The second-order valence-electron chi connectivity index (χ2n) is 4.24. The van der Waals surface area contributed by atoms with Gasteiger partial charge in [0.1, 0.15) is 5.75 Å². The van der Waals surface area contributed by atoms with Crippen LogP contribution >= 0.6 is 0 Å². The van der Waals surface area contributed by atoms with Gasteiger partial charge in [0, 0.05) is 11.1 Å². The van der Waals surface area contributed by atoms with Gasteiger partial charge in [-0.15, -0.1) is 0 Å². The van der Waals surface area contributed by atoms with Crippen molar-refractivity contribution in [2.45, 2.75) is 0 Å². The Balaban J connectivity index is 1.96. The molecule has 0 saturated heterocycles. The molecule has 1 N–H and O–H groups in total. The van der Waals surface area contributed by atoms with Crippen LogP contribution in [0.4, 0.5) is 5.69 Å². The van der Waals surface area contributed by atoms with Crippen LogP contribution < -0.4 is 10.1 Å². The maximum Gasteiger partial charge on any atom is 0.262 e. The van der Waals surface area contributed by atoms with E-state index >= 15 is 0 Å². The van der Waals surface area contributed by atoms with E-state index in [0.29, 0.717) is 22.6 Å². The molecule has 0 spiro atoms. The molecule has 94 valence electrons. The average Bonchev–Trinajstić information content (AvgIpc) is 2.46. The summed E-state index contributed by atoms with van der Waals surface area (Å²) in [5.74, 6) is 0.296. The average molecular weight is 253 g/mol. The van der Waals surface area contributed by atoms with Crippen LogP contribution in [-0.4, -0.2) is 18.3 Å². The van der Waals surface area contributed by atoms with Crippen molar-refractivity contribution in [1.29, 1.82) is 0 Å². The summed E-state index contributed by atoms with van der Waals surface area (Å²) < 4.78 is 5.25. The predicted octanol–water partition coefficient (Wildman–Crippen LogP) is 2.25. The molecule has 0 saturated carbocycles. The standard InChI is InChI=1S/C15H11NO3/c17-14-9-19-13-7-6-11(8-12(13)16-14)15(18)10-4-2-1-3-5-10/h1-8H,9H2,(H,16,17). The van der Waals surface area contributed by atoms with Crippen LogP contribution in [0.3, 0.4) is 0 Å². The van der Waals surface area contributed by atoms with E-state index in [-0.39, 0.29) is 18.3 Å². The van der Waals surface area contributed by atoms with Crippen molar-refractivity contribution < 1.29 is 14.3 Å². The molecule has 2 aromatic carbocycles. The summed E-state index contributed by atoms with van der Waals surface area (Å²) in [5, 5.41) is 2.69. The first kappa shape index (κ1) is 11.5. The Morgan fingerprint density at radius 2 is 1.84 bits per heavy atom. The van der Waals surface area contributed by atoms with Gasteiger partial charge in [0.05, 0.1) is 5.69 Å². The van der Waals surface area contributed by atoms with Gasteiger partial charge in [0.25, 0.3) is 5.91 Å². The molecule has 0 aliphatic carbocycles. The van der Waals surface area contributed by atoms with Crippen molar-refractivity contribution in [1.82, 2.24) is 0 Å². The van der Waals surface area contributed by atoms with Crippen molar-refractivity contribution >= 4 is 17.4 Å². The highest BCUT2D eigenvalue weighted by Crippen LogP contribution is 2.29. The topological polar surface area (TPSA) is 55.4 Å². The lowest BCUT2D eigenvalue weighted by atomic mass is 10.0. The predicted molar refractivity (Wildman–Crippen MR) is 70.4 cm³/mol. The van der Waals surface area contributed by atoms with Crippen molar-refractivity contribution in [3.8, 4) is 5.75 Å². The fourth-order valence-corrected chi connectivity index (χ4v) is 1.98. The first-order valence-corrected chi connectivity index (χ1v) is 5.90. The molecule has 1 aliphatic heterocycles. The van der Waals surface area contributed by atoms with E-state index in [1.54, 1.807) is 30.3 Å². The number of amides is 1. The Morgan fingerprint density at radius 3 is 2.63 bits per heavy atom. The second kappa shape index (κ2) is 4.57. The lowest BCUT2D eigenvalue weighted by molar-refractivity contribution is -0.118. The molecule has 0 aromatic heterocycles. The molecular weight excluding hydrogens is 242 g/mol. The molecule has 2 aromatic rings. The Bertz CT molecular complexity index is 650. The SMILES string of the molecule is O=C1COc2ccc(C(=O)c3ccccc3)cc2N1. The third-order valence-electron chi connectivity index (χ3n) is 2.91. The van der Waals surface area contributed by atoms with E-state index in [0.717, 1.165) is 0 Å². The lowest BCUT2D eigenvalue weighted by Gasteiger charge is -2.18. The molecule has 1 heterocycles. The summed E-state index contributed by atoms with van der Waals surface area (Å²) in [7, 11) is 0. The van der Waals surface area contributed by atoms with Gasteiger partial charge in [0.2, 0.25) is 0 Å². The molecule has 3 rings (SSSR count). The number of hydrogen-bond donors (Lipinski definition) is 1. The van der Waals surface area contributed by atoms with Gasteiger partial charge in [-0.25, -0.2) is 0 Å². The number of hydrogen-bond acceptors (Lipinski definition) is 3. The molecule has 0 fully saturated rings. The number of fused-ring (bicyclic) bond motifs is 1. The quantitative estimate of drug-likeness (QED) is 0.835. The molecule has 0 radical (unpaired) electrons. The van der Waals surface area contributed by atoms with Crippen LogP contribution in [-0.2, 0) is 4.79 Å². The largest absolute Gasteiger partial charge is 0.482 e. The lowest BCUT2D eigenvalue weighted by Crippen LogP contribution is -2.25. The Kier molecular flexibility index (Phi) is 2.76. The molecule has 4 nitrogen and oxygen atoms in total. The van der Waals surface area contributed by atoms with Crippen LogP contribution in [0.2, 0.25) is 0 Å². The van der Waals surface area contributed by atoms with Crippen LogP contribution in [0.25, 0.3) is 0 Å². The van der Waals surface area contributed by atoms with Crippen molar-refractivity contribution in [2.24, 2.45) is 0 Å². The maximum atomic E-state index is 12.3. The number of ether oxygens (including phenoxy) is 1. The summed E-state index contributed by atoms with van der Waals surface area (Å²) in [5.41, 5.74) is 1.68. The van der Waals surface area contributed by atoms with E-state index in [2.05, 4.69) is 5.32 Å². The second-order valence-corrected chi connectivity index (χ2v) is 4.24. The number of benzene rings is 2. The number of carbonyl (C=O) groups is 2. The summed E-state index contributed by atoms with van der Waals surface area (Å²) in [6, 6.07) is 14.1. The van der Waals surface area contributed by atoms with Gasteiger partial charge < -0.3 is 10.1 Å². The zero-order chi connectivity index (χ0) is 13.2. The van der Waals surface area contributed by atoms with Gasteiger partial charge in [-0.05, 0) is 18.2 Å². The molecule has 0 bridgehead atoms. The van der Waals surface area contributed by atoms with Gasteiger partial charge in [-0.1, -0.05) is 30.3 Å². The van der Waals surface area contributed by atoms with E-state index in [4.69, 9.17) is 4.74 Å². The van der Waals surface area contributed by atoms with Crippen LogP contribution in [0.1, 0.15) is 15.9 Å². The molecule has 0 atom stereocenters. The number of anilines is 1. The van der Waals surface area contributed by atoms with Crippen LogP contribution in [0.5, 0.6) is 5.75 Å². The minimum atomic E-state index is -0.211. The molecule has 19 heavy (non-hydrogen) atoms. The Morgan fingerprint density at radius 1 is 1.05 bits per heavy atom. The normalized spacial score (nSPS) is 13.2. The summed E-state index contributed by atoms with van der Waals surface area (Å²) in [6.45, 7) is 0.0129. The summed E-state index contributed by atoms with van der Waals surface area (Å²) in [6.07, 6.45) is 0. The minimum absolute atomic E-state index is 0.0129. The number of rotatable bonds is 2. The third kappa shape index (κ3) is 2.20. The first-order chi connectivity index (χ1) is 9.24.